The van der Waals surface area contributed by atoms with Crippen LogP contribution in [-0.4, -0.2) is 95.7 Å². The number of hydrogen-bond acceptors (Lipinski definition) is 13. The quantitative estimate of drug-likeness (QED) is 0.0996. The summed E-state index contributed by atoms with van der Waals surface area (Å²) in [5, 5.41) is 35.2. The third-order valence-corrected chi connectivity index (χ3v) is 6.49. The lowest BCUT2D eigenvalue weighted by atomic mass is 9.99. The van der Waals surface area contributed by atoms with Crippen LogP contribution in [0.1, 0.15) is 39.2 Å². The van der Waals surface area contributed by atoms with Gasteiger partial charge in [-0.3, -0.25) is 9.35 Å². The Morgan fingerprint density at radius 3 is 2.30 bits per heavy atom. The van der Waals surface area contributed by atoms with Gasteiger partial charge in [0, 0.05) is 30.6 Å². The lowest BCUT2D eigenvalue weighted by Crippen LogP contribution is -2.62. The zero-order valence-corrected chi connectivity index (χ0v) is 24.7. The first-order valence-corrected chi connectivity index (χ1v) is 14.7. The molecule has 1 saturated heterocycles. The van der Waals surface area contributed by atoms with Gasteiger partial charge in [0.15, 0.2) is 12.2 Å². The fourth-order valence-corrected chi connectivity index (χ4v) is 4.65. The summed E-state index contributed by atoms with van der Waals surface area (Å²) >= 11 is 0. The molecule has 6 N–H and O–H groups in total. The Balaban J connectivity index is 1.66. The number of unbranched alkanes of at least 4 members (excludes halogenated alkanes) is 1. The highest BCUT2D eigenvalue weighted by molar-refractivity contribution is 7.80. The van der Waals surface area contributed by atoms with Gasteiger partial charge in [0.1, 0.15) is 29.1 Å². The molecule has 1 aliphatic heterocycles. The van der Waals surface area contributed by atoms with Crippen LogP contribution in [0.15, 0.2) is 33.5 Å². The molecule has 1 aliphatic rings. The largest absolute Gasteiger partial charge is 0.479 e. The van der Waals surface area contributed by atoms with Crippen LogP contribution in [0, 0.1) is 0 Å². The molecule has 1 aromatic carbocycles. The lowest BCUT2D eigenvalue weighted by molar-refractivity contribution is -0.265. The number of carbonyl (C=O) groups excluding carboxylic acids is 2. The Morgan fingerprint density at radius 1 is 1.02 bits per heavy atom. The lowest BCUT2D eigenvalue weighted by Gasteiger charge is -2.39. The highest BCUT2D eigenvalue weighted by atomic mass is 32.3. The monoisotopic (exact) mass is 646 g/mol. The molecule has 2 amide bonds. The van der Waals surface area contributed by atoms with E-state index in [2.05, 4.69) is 14.8 Å². The van der Waals surface area contributed by atoms with Crippen molar-refractivity contribution in [3.63, 3.8) is 0 Å². The normalized spacial score (nSPS) is 22.3. The zero-order chi connectivity index (χ0) is 32.8. The molecular weight excluding hydrogens is 612 g/mol. The predicted octanol–water partition coefficient (Wildman–Crippen LogP) is -0.145. The van der Waals surface area contributed by atoms with Gasteiger partial charge in [0.05, 0.1) is 6.42 Å². The maximum atomic E-state index is 12.5. The van der Waals surface area contributed by atoms with E-state index in [0.717, 1.165) is 12.1 Å². The number of benzene rings is 1. The number of carbonyl (C=O) groups is 3. The average molecular weight is 647 g/mol. The molecule has 1 fully saturated rings. The number of amides is 2. The van der Waals surface area contributed by atoms with Crippen LogP contribution in [0.3, 0.4) is 0 Å². The van der Waals surface area contributed by atoms with E-state index in [4.69, 9.17) is 23.2 Å². The minimum atomic E-state index is -5.22. The Labute approximate surface area is 251 Å². The second-order valence-electron chi connectivity index (χ2n) is 10.8. The molecule has 0 radical (unpaired) electrons. The molecule has 0 unspecified atom stereocenters. The van der Waals surface area contributed by atoms with Gasteiger partial charge in [0.25, 0.3) is 0 Å². The summed E-state index contributed by atoms with van der Waals surface area (Å²) in [5.74, 6) is -2.28. The topological polar surface area (TPSA) is 257 Å². The second kappa shape index (κ2) is 14.3. The van der Waals surface area contributed by atoms with E-state index < -0.39 is 70.3 Å². The summed E-state index contributed by atoms with van der Waals surface area (Å²) in [6, 6.07) is 4.99. The van der Waals surface area contributed by atoms with Crippen LogP contribution in [0.2, 0.25) is 0 Å². The van der Waals surface area contributed by atoms with Crippen LogP contribution < -0.4 is 21.0 Å². The summed E-state index contributed by atoms with van der Waals surface area (Å²) in [5.41, 5.74) is -1.18. The van der Waals surface area contributed by atoms with Crippen LogP contribution >= 0.6 is 0 Å². The summed E-state index contributed by atoms with van der Waals surface area (Å²) in [6.07, 6.45) is -10.1. The van der Waals surface area contributed by atoms with Crippen LogP contribution in [0.5, 0.6) is 5.75 Å². The second-order valence-corrected chi connectivity index (χ2v) is 11.8. The maximum absolute atomic E-state index is 12.5. The molecule has 44 heavy (non-hydrogen) atoms. The smallest absolute Gasteiger partial charge is 0.407 e. The van der Waals surface area contributed by atoms with E-state index in [0.29, 0.717) is 36.9 Å². The third-order valence-electron chi connectivity index (χ3n) is 6.02. The maximum Gasteiger partial charge on any atom is 0.407 e. The van der Waals surface area contributed by atoms with Crippen molar-refractivity contribution in [2.24, 2.45) is 0 Å². The van der Waals surface area contributed by atoms with Gasteiger partial charge in [-0.1, -0.05) is 0 Å². The molecular formula is C26H34N2O15S. The first-order chi connectivity index (χ1) is 20.4. The van der Waals surface area contributed by atoms with E-state index in [1.807, 2.05) is 0 Å². The number of hydrogen-bond donors (Lipinski definition) is 6. The minimum Gasteiger partial charge on any atom is -0.479 e. The minimum absolute atomic E-state index is 0.0653. The van der Waals surface area contributed by atoms with Gasteiger partial charge in [-0.2, -0.15) is 8.42 Å². The van der Waals surface area contributed by atoms with E-state index in [-0.39, 0.29) is 17.8 Å². The summed E-state index contributed by atoms with van der Waals surface area (Å²) in [4.78, 5) is 47.9. The van der Waals surface area contributed by atoms with E-state index >= 15 is 0 Å². The number of rotatable bonds is 12. The zero-order valence-electron chi connectivity index (χ0n) is 23.9. The number of carboxylic acid groups (broad SMARTS) is 1. The number of nitrogens with one attached hydrogen (secondary N) is 2. The van der Waals surface area contributed by atoms with Crippen molar-refractivity contribution in [3.8, 4) is 5.75 Å². The molecule has 17 nitrogen and oxygen atoms in total. The molecule has 2 heterocycles. The van der Waals surface area contributed by atoms with Crippen molar-refractivity contribution in [1.82, 2.24) is 10.6 Å². The van der Waals surface area contributed by atoms with Crippen molar-refractivity contribution in [2.45, 2.75) is 76.3 Å². The first-order valence-electron chi connectivity index (χ1n) is 13.3. The van der Waals surface area contributed by atoms with Gasteiger partial charge in [0.2, 0.25) is 12.2 Å². The Hall–Kier alpha value is -3.81. The fourth-order valence-electron chi connectivity index (χ4n) is 4.16. The summed E-state index contributed by atoms with van der Waals surface area (Å²) in [7, 11) is -5.22. The Bertz CT molecular complexity index is 1520. The SMILES string of the molecule is CC(C)(C)OC(=O)NCCCCNC(=O)Cc1cc(=O)oc2cc(O[C@@H]3O[C@@H](C(=O)O)[C@@H](O)[C@H](O)[C@H]3OS(=O)(=O)O)ccc12. The van der Waals surface area contributed by atoms with Crippen molar-refractivity contribution >= 4 is 39.3 Å². The highest BCUT2D eigenvalue weighted by Gasteiger charge is 2.51. The van der Waals surface area contributed by atoms with Crippen LogP contribution in [0.4, 0.5) is 4.79 Å². The molecule has 244 valence electrons. The summed E-state index contributed by atoms with van der Waals surface area (Å²) < 4.78 is 56.9. The molecule has 18 heteroatoms. The van der Waals surface area contributed by atoms with Gasteiger partial charge >= 0.3 is 28.1 Å². The van der Waals surface area contributed by atoms with Crippen molar-refractivity contribution < 1.29 is 65.5 Å². The van der Waals surface area contributed by atoms with Gasteiger partial charge in [-0.05, 0) is 51.3 Å². The fraction of sp³-hybridized carbons (Fsp3) is 0.538. The standard InChI is InChI=1S/C26H34N2O15S/c1-26(2,3)42-25(35)28-9-5-4-8-27-17(29)10-13-11-18(30)40-16-12-14(6-7-15(13)16)39-24-22(43-44(36,37)38)20(32)19(31)21(41-24)23(33)34/h6-7,11-12,19-22,24,31-32H,4-5,8-10H2,1-3H3,(H,27,29)(H,28,35)(H,33,34)(H,36,37,38)/t19-,20-,21+,22+,24+/m0/s1. The van der Waals surface area contributed by atoms with Crippen molar-refractivity contribution in [3.05, 3.63) is 40.2 Å². The van der Waals surface area contributed by atoms with E-state index in [9.17, 15) is 42.9 Å². The van der Waals surface area contributed by atoms with Crippen LogP contribution in [0.25, 0.3) is 11.0 Å². The Kier molecular flexibility index (Phi) is 11.3. The molecule has 5 atom stereocenters. The first kappa shape index (κ1) is 34.7. The Morgan fingerprint density at radius 2 is 1.68 bits per heavy atom. The number of aliphatic hydroxyl groups is 2. The van der Waals surface area contributed by atoms with E-state index in [1.165, 1.54) is 12.1 Å². The summed E-state index contributed by atoms with van der Waals surface area (Å²) in [6.45, 7) is 5.90. The molecule has 3 rings (SSSR count). The van der Waals surface area contributed by atoms with Gasteiger partial charge in [-0.25, -0.2) is 18.6 Å². The van der Waals surface area contributed by atoms with Gasteiger partial charge < -0.3 is 44.6 Å². The average Bonchev–Trinajstić information content (AvgIpc) is 2.88. The third kappa shape index (κ3) is 10.1. The number of alkyl carbamates (subject to hydrolysis) is 1. The number of ether oxygens (including phenoxy) is 3. The number of carboxylic acids is 1. The van der Waals surface area contributed by atoms with Crippen LogP contribution in [-0.2, 0) is 40.1 Å². The molecule has 1 aromatic heterocycles. The number of aliphatic hydroxyl groups excluding tert-OH is 2. The predicted molar refractivity (Wildman–Crippen MR) is 148 cm³/mol. The van der Waals surface area contributed by atoms with Gasteiger partial charge in [-0.15, -0.1) is 0 Å². The molecule has 0 bridgehead atoms. The number of aliphatic carboxylic acids is 1. The molecule has 0 aliphatic carbocycles. The molecule has 2 aromatic rings. The molecule has 0 saturated carbocycles. The number of fused-ring (bicyclic) bond motifs is 1. The van der Waals surface area contributed by atoms with Crippen molar-refractivity contribution in [1.29, 1.82) is 0 Å². The van der Waals surface area contributed by atoms with Crippen molar-refractivity contribution in [2.75, 3.05) is 13.1 Å². The van der Waals surface area contributed by atoms with E-state index in [1.54, 1.807) is 20.8 Å². The molecule has 0 spiro atoms. The highest BCUT2D eigenvalue weighted by Crippen LogP contribution is 2.29.